The number of carbonyl (C=O) groups is 1. The lowest BCUT2D eigenvalue weighted by molar-refractivity contribution is -0.122. The van der Waals surface area contributed by atoms with Gasteiger partial charge in [0, 0.05) is 24.9 Å². The average molecular weight is 261 g/mol. The van der Waals surface area contributed by atoms with Crippen molar-refractivity contribution in [2.24, 2.45) is 11.1 Å². The maximum atomic E-state index is 11.8. The minimum absolute atomic E-state index is 0.135. The molecule has 0 atom stereocenters. The van der Waals surface area contributed by atoms with Gasteiger partial charge >= 0.3 is 0 Å². The molecule has 2 rings (SSSR count). The van der Waals surface area contributed by atoms with Crippen LogP contribution in [-0.2, 0) is 11.2 Å². The third-order valence-electron chi connectivity index (χ3n) is 4.07. The van der Waals surface area contributed by atoms with Crippen LogP contribution in [0.25, 0.3) is 0 Å². The van der Waals surface area contributed by atoms with E-state index in [-0.39, 0.29) is 11.3 Å². The molecule has 1 amide bonds. The van der Waals surface area contributed by atoms with E-state index in [0.717, 1.165) is 37.9 Å². The SMILES string of the molecule is NCC1(CNC(=O)CCCc2ccccn2)CCC1. The summed E-state index contributed by atoms with van der Waals surface area (Å²) in [7, 11) is 0. The van der Waals surface area contributed by atoms with Gasteiger partial charge in [-0.05, 0) is 49.8 Å². The fraction of sp³-hybridized carbons (Fsp3) is 0.600. The molecule has 0 unspecified atom stereocenters. The number of aryl methyl sites for hydroxylation is 1. The van der Waals surface area contributed by atoms with E-state index in [4.69, 9.17) is 5.73 Å². The van der Waals surface area contributed by atoms with Crippen LogP contribution in [0.5, 0.6) is 0 Å². The van der Waals surface area contributed by atoms with E-state index >= 15 is 0 Å². The van der Waals surface area contributed by atoms with Crippen LogP contribution < -0.4 is 11.1 Å². The first kappa shape index (κ1) is 14.0. The highest BCUT2D eigenvalue weighted by Crippen LogP contribution is 2.39. The Labute approximate surface area is 114 Å². The van der Waals surface area contributed by atoms with Gasteiger partial charge in [-0.3, -0.25) is 9.78 Å². The van der Waals surface area contributed by atoms with Gasteiger partial charge < -0.3 is 11.1 Å². The number of hydrogen-bond donors (Lipinski definition) is 2. The molecule has 1 aliphatic carbocycles. The van der Waals surface area contributed by atoms with E-state index in [1.54, 1.807) is 6.20 Å². The summed E-state index contributed by atoms with van der Waals surface area (Å²) in [5.74, 6) is 0.135. The van der Waals surface area contributed by atoms with Crippen molar-refractivity contribution in [3.63, 3.8) is 0 Å². The molecular formula is C15H23N3O. The highest BCUT2D eigenvalue weighted by molar-refractivity contribution is 5.75. The van der Waals surface area contributed by atoms with Gasteiger partial charge in [0.2, 0.25) is 5.91 Å². The fourth-order valence-corrected chi connectivity index (χ4v) is 2.48. The summed E-state index contributed by atoms with van der Waals surface area (Å²) in [6.07, 6.45) is 7.60. The molecule has 1 aromatic rings. The van der Waals surface area contributed by atoms with Gasteiger partial charge in [0.1, 0.15) is 0 Å². The van der Waals surface area contributed by atoms with Gasteiger partial charge in [-0.2, -0.15) is 0 Å². The maximum absolute atomic E-state index is 11.8. The second-order valence-electron chi connectivity index (χ2n) is 5.51. The predicted molar refractivity (Wildman–Crippen MR) is 75.5 cm³/mol. The van der Waals surface area contributed by atoms with Crippen molar-refractivity contribution in [3.8, 4) is 0 Å². The lowest BCUT2D eigenvalue weighted by Gasteiger charge is -2.41. The first-order valence-electron chi connectivity index (χ1n) is 7.11. The molecule has 4 nitrogen and oxygen atoms in total. The van der Waals surface area contributed by atoms with Crippen molar-refractivity contribution in [1.82, 2.24) is 10.3 Å². The van der Waals surface area contributed by atoms with Gasteiger partial charge in [0.05, 0.1) is 0 Å². The van der Waals surface area contributed by atoms with Crippen LogP contribution in [0.1, 0.15) is 37.8 Å². The Bertz CT molecular complexity index is 396. The van der Waals surface area contributed by atoms with Crippen molar-refractivity contribution >= 4 is 5.91 Å². The van der Waals surface area contributed by atoms with Gasteiger partial charge in [-0.15, -0.1) is 0 Å². The van der Waals surface area contributed by atoms with Crippen LogP contribution in [0.15, 0.2) is 24.4 Å². The molecule has 1 fully saturated rings. The zero-order valence-corrected chi connectivity index (χ0v) is 11.4. The van der Waals surface area contributed by atoms with Crippen LogP contribution in [0.3, 0.4) is 0 Å². The second-order valence-corrected chi connectivity index (χ2v) is 5.51. The van der Waals surface area contributed by atoms with Crippen LogP contribution in [0.4, 0.5) is 0 Å². The minimum Gasteiger partial charge on any atom is -0.355 e. The summed E-state index contributed by atoms with van der Waals surface area (Å²) in [5, 5.41) is 3.02. The number of nitrogens with zero attached hydrogens (tertiary/aromatic N) is 1. The summed E-state index contributed by atoms with van der Waals surface area (Å²) in [6.45, 7) is 1.42. The zero-order valence-electron chi connectivity index (χ0n) is 11.4. The fourth-order valence-electron chi connectivity index (χ4n) is 2.48. The van der Waals surface area contributed by atoms with Crippen molar-refractivity contribution < 1.29 is 4.79 Å². The smallest absolute Gasteiger partial charge is 0.220 e. The molecule has 0 bridgehead atoms. The Kier molecular flexibility index (Phi) is 4.91. The molecule has 1 heterocycles. The molecule has 3 N–H and O–H groups in total. The highest BCUT2D eigenvalue weighted by atomic mass is 16.1. The molecule has 0 spiro atoms. The summed E-state index contributed by atoms with van der Waals surface area (Å²) in [4.78, 5) is 16.0. The van der Waals surface area contributed by atoms with Crippen LogP contribution >= 0.6 is 0 Å². The van der Waals surface area contributed by atoms with Crippen molar-refractivity contribution in [2.45, 2.75) is 38.5 Å². The monoisotopic (exact) mass is 261 g/mol. The van der Waals surface area contributed by atoms with Crippen molar-refractivity contribution in [2.75, 3.05) is 13.1 Å². The lowest BCUT2D eigenvalue weighted by Crippen LogP contribution is -2.46. The van der Waals surface area contributed by atoms with E-state index in [9.17, 15) is 4.79 Å². The van der Waals surface area contributed by atoms with Crippen LogP contribution in [-0.4, -0.2) is 24.0 Å². The summed E-state index contributed by atoms with van der Waals surface area (Å²) in [6, 6.07) is 5.88. The maximum Gasteiger partial charge on any atom is 0.220 e. The Morgan fingerprint density at radius 3 is 2.84 bits per heavy atom. The first-order chi connectivity index (χ1) is 9.24. The predicted octanol–water partition coefficient (Wildman–Crippen LogP) is 1.65. The number of hydrogen-bond acceptors (Lipinski definition) is 3. The number of amides is 1. The number of nitrogens with two attached hydrogens (primary N) is 1. The Morgan fingerprint density at radius 2 is 2.26 bits per heavy atom. The molecule has 0 saturated heterocycles. The Balaban J connectivity index is 1.62. The minimum atomic E-state index is 0.135. The molecule has 0 radical (unpaired) electrons. The van der Waals surface area contributed by atoms with E-state index in [1.807, 2.05) is 18.2 Å². The average Bonchev–Trinajstić information content (AvgIpc) is 2.39. The van der Waals surface area contributed by atoms with E-state index in [1.165, 1.54) is 6.42 Å². The molecule has 1 saturated carbocycles. The molecule has 19 heavy (non-hydrogen) atoms. The molecule has 4 heteroatoms. The number of nitrogens with one attached hydrogen (secondary N) is 1. The lowest BCUT2D eigenvalue weighted by atomic mass is 9.69. The Morgan fingerprint density at radius 1 is 1.42 bits per heavy atom. The summed E-state index contributed by atoms with van der Waals surface area (Å²) >= 11 is 0. The number of rotatable bonds is 7. The van der Waals surface area contributed by atoms with Gasteiger partial charge in [-0.1, -0.05) is 12.5 Å². The quantitative estimate of drug-likeness (QED) is 0.784. The third kappa shape index (κ3) is 4.03. The number of carbonyl (C=O) groups excluding carboxylic acids is 1. The third-order valence-corrected chi connectivity index (χ3v) is 4.07. The van der Waals surface area contributed by atoms with E-state index in [0.29, 0.717) is 13.0 Å². The topological polar surface area (TPSA) is 68.0 Å². The van der Waals surface area contributed by atoms with Gasteiger partial charge in [0.25, 0.3) is 0 Å². The zero-order chi connectivity index (χ0) is 13.6. The number of aromatic nitrogens is 1. The highest BCUT2D eigenvalue weighted by Gasteiger charge is 2.35. The van der Waals surface area contributed by atoms with Gasteiger partial charge in [-0.25, -0.2) is 0 Å². The van der Waals surface area contributed by atoms with Crippen molar-refractivity contribution in [1.29, 1.82) is 0 Å². The van der Waals surface area contributed by atoms with Crippen molar-refractivity contribution in [3.05, 3.63) is 30.1 Å². The molecule has 1 aromatic heterocycles. The molecule has 104 valence electrons. The van der Waals surface area contributed by atoms with Crippen LogP contribution in [0, 0.1) is 5.41 Å². The number of pyridine rings is 1. The summed E-state index contributed by atoms with van der Waals surface area (Å²) < 4.78 is 0. The van der Waals surface area contributed by atoms with E-state index < -0.39 is 0 Å². The van der Waals surface area contributed by atoms with Crippen LogP contribution in [0.2, 0.25) is 0 Å². The second kappa shape index (κ2) is 6.66. The standard InChI is InChI=1S/C15H23N3O/c16-11-15(8-4-9-15)12-18-14(19)7-3-6-13-5-1-2-10-17-13/h1-2,5,10H,3-4,6-9,11-12,16H2,(H,18,19). The normalized spacial score (nSPS) is 16.7. The molecule has 1 aliphatic rings. The largest absolute Gasteiger partial charge is 0.355 e. The summed E-state index contributed by atoms with van der Waals surface area (Å²) in [5.41, 5.74) is 7.01. The van der Waals surface area contributed by atoms with E-state index in [2.05, 4.69) is 10.3 Å². The molecule has 0 aromatic carbocycles. The Hall–Kier alpha value is -1.42. The molecule has 0 aliphatic heterocycles. The first-order valence-corrected chi connectivity index (χ1v) is 7.11. The molecular weight excluding hydrogens is 238 g/mol. The van der Waals surface area contributed by atoms with Gasteiger partial charge in [0.15, 0.2) is 0 Å².